The summed E-state index contributed by atoms with van der Waals surface area (Å²) in [5.41, 5.74) is 0.350. The molecule has 4 heteroatoms. The smallest absolute Gasteiger partial charge is 0.138 e. The van der Waals surface area contributed by atoms with Crippen molar-refractivity contribution in [3.63, 3.8) is 0 Å². The number of benzene rings is 1. The fraction of sp³-hybridized carbons (Fsp3) is 0. The molecule has 1 heterocycles. The van der Waals surface area contributed by atoms with Gasteiger partial charge in [-0.05, 0) is 29.6 Å². The van der Waals surface area contributed by atoms with Gasteiger partial charge in [-0.1, -0.05) is 17.8 Å². The quantitative estimate of drug-likeness (QED) is 0.788. The van der Waals surface area contributed by atoms with Gasteiger partial charge in [0.05, 0.1) is 15.8 Å². The molecule has 0 saturated heterocycles. The van der Waals surface area contributed by atoms with Crippen molar-refractivity contribution >= 4 is 23.1 Å². The molecule has 74 valence electrons. The molecule has 0 saturated carbocycles. The summed E-state index contributed by atoms with van der Waals surface area (Å²) < 4.78 is 14.5. The average Bonchev–Trinajstić information content (AvgIpc) is 2.74. The molecule has 2 aromatic rings. The Labute approximate surface area is 95.2 Å². The SMILES string of the molecule is N#Cc1ccc(Sc2cccs2)c(F)c1. The van der Waals surface area contributed by atoms with E-state index in [1.165, 1.54) is 17.8 Å². The van der Waals surface area contributed by atoms with Gasteiger partial charge in [0, 0.05) is 4.90 Å². The van der Waals surface area contributed by atoms with Gasteiger partial charge in [-0.3, -0.25) is 0 Å². The first-order chi connectivity index (χ1) is 7.29. The number of rotatable bonds is 2. The number of halogens is 1. The molecule has 0 unspecified atom stereocenters. The van der Waals surface area contributed by atoms with Crippen LogP contribution in [0.3, 0.4) is 0 Å². The Kier molecular flexibility index (Phi) is 3.05. The van der Waals surface area contributed by atoms with Gasteiger partial charge in [-0.15, -0.1) is 11.3 Å². The van der Waals surface area contributed by atoms with E-state index in [0.29, 0.717) is 10.5 Å². The molecule has 0 atom stereocenters. The first-order valence-corrected chi connectivity index (χ1v) is 5.90. The van der Waals surface area contributed by atoms with Gasteiger partial charge >= 0.3 is 0 Å². The zero-order valence-electron chi connectivity index (χ0n) is 7.61. The molecule has 0 bridgehead atoms. The van der Waals surface area contributed by atoms with Crippen LogP contribution < -0.4 is 0 Å². The van der Waals surface area contributed by atoms with E-state index >= 15 is 0 Å². The molecule has 0 N–H and O–H groups in total. The monoisotopic (exact) mass is 235 g/mol. The number of nitrogens with zero attached hydrogens (tertiary/aromatic N) is 1. The van der Waals surface area contributed by atoms with Crippen molar-refractivity contribution in [1.29, 1.82) is 5.26 Å². The van der Waals surface area contributed by atoms with Gasteiger partial charge in [0.2, 0.25) is 0 Å². The Morgan fingerprint density at radius 2 is 2.20 bits per heavy atom. The van der Waals surface area contributed by atoms with Gasteiger partial charge in [-0.2, -0.15) is 5.26 Å². The van der Waals surface area contributed by atoms with E-state index in [9.17, 15) is 4.39 Å². The summed E-state index contributed by atoms with van der Waals surface area (Å²) in [5.74, 6) is -0.340. The van der Waals surface area contributed by atoms with E-state index in [1.54, 1.807) is 23.5 Å². The van der Waals surface area contributed by atoms with Gasteiger partial charge < -0.3 is 0 Å². The van der Waals surface area contributed by atoms with Crippen LogP contribution in [0.2, 0.25) is 0 Å². The second kappa shape index (κ2) is 4.47. The molecular weight excluding hydrogens is 229 g/mol. The summed E-state index contributed by atoms with van der Waals surface area (Å²) in [6.45, 7) is 0. The third-order valence-corrected chi connectivity index (χ3v) is 3.86. The largest absolute Gasteiger partial charge is 0.206 e. The van der Waals surface area contributed by atoms with Gasteiger partial charge in [0.25, 0.3) is 0 Å². The normalized spacial score (nSPS) is 9.87. The first-order valence-electron chi connectivity index (χ1n) is 4.20. The predicted octanol–water partition coefficient (Wildman–Crippen LogP) is 3.91. The summed E-state index contributed by atoms with van der Waals surface area (Å²) in [6, 6.07) is 10.3. The molecule has 15 heavy (non-hydrogen) atoms. The lowest BCUT2D eigenvalue weighted by atomic mass is 10.2. The maximum Gasteiger partial charge on any atom is 0.138 e. The highest BCUT2D eigenvalue weighted by atomic mass is 32.2. The van der Waals surface area contributed by atoms with E-state index in [2.05, 4.69) is 0 Å². The van der Waals surface area contributed by atoms with Gasteiger partial charge in [0.15, 0.2) is 0 Å². The highest BCUT2D eigenvalue weighted by molar-refractivity contribution is 8.01. The van der Waals surface area contributed by atoms with Crippen LogP contribution in [-0.4, -0.2) is 0 Å². The van der Waals surface area contributed by atoms with Crippen molar-refractivity contribution in [2.75, 3.05) is 0 Å². The highest BCUT2D eigenvalue weighted by Gasteiger charge is 2.05. The second-order valence-electron chi connectivity index (χ2n) is 2.79. The Bertz CT molecular complexity index is 500. The average molecular weight is 235 g/mol. The zero-order valence-corrected chi connectivity index (χ0v) is 9.24. The lowest BCUT2D eigenvalue weighted by Gasteiger charge is -2.00. The molecule has 0 aliphatic heterocycles. The van der Waals surface area contributed by atoms with Gasteiger partial charge in [-0.25, -0.2) is 4.39 Å². The lowest BCUT2D eigenvalue weighted by molar-refractivity contribution is 0.601. The van der Waals surface area contributed by atoms with Crippen LogP contribution in [0.4, 0.5) is 4.39 Å². The van der Waals surface area contributed by atoms with E-state index in [1.807, 2.05) is 23.6 Å². The maximum absolute atomic E-state index is 13.5. The van der Waals surface area contributed by atoms with Crippen LogP contribution in [0.1, 0.15) is 5.56 Å². The molecule has 1 nitrogen and oxygen atoms in total. The van der Waals surface area contributed by atoms with E-state index in [0.717, 1.165) is 4.21 Å². The molecule has 0 spiro atoms. The standard InChI is InChI=1S/C11H6FNS2/c12-9-6-8(7-13)3-4-10(9)15-11-2-1-5-14-11/h1-6H. The maximum atomic E-state index is 13.5. The van der Waals surface area contributed by atoms with Crippen molar-refractivity contribution < 1.29 is 4.39 Å². The Morgan fingerprint density at radius 1 is 1.33 bits per heavy atom. The Balaban J connectivity index is 2.27. The predicted molar refractivity (Wildman–Crippen MR) is 59.6 cm³/mol. The summed E-state index contributed by atoms with van der Waals surface area (Å²) in [6.07, 6.45) is 0. The zero-order chi connectivity index (χ0) is 10.7. The highest BCUT2D eigenvalue weighted by Crippen LogP contribution is 2.32. The van der Waals surface area contributed by atoms with E-state index < -0.39 is 0 Å². The number of thiophene rings is 1. The molecule has 0 amide bonds. The fourth-order valence-corrected chi connectivity index (χ4v) is 2.82. The van der Waals surface area contributed by atoms with E-state index in [-0.39, 0.29) is 5.82 Å². The van der Waals surface area contributed by atoms with Crippen LogP contribution in [0.5, 0.6) is 0 Å². The summed E-state index contributed by atoms with van der Waals surface area (Å²) in [7, 11) is 0. The van der Waals surface area contributed by atoms with E-state index in [4.69, 9.17) is 5.26 Å². The Morgan fingerprint density at radius 3 is 2.80 bits per heavy atom. The number of nitriles is 1. The summed E-state index contributed by atoms with van der Waals surface area (Å²) >= 11 is 2.94. The lowest BCUT2D eigenvalue weighted by Crippen LogP contribution is -1.82. The molecule has 0 radical (unpaired) electrons. The number of hydrogen-bond donors (Lipinski definition) is 0. The fourth-order valence-electron chi connectivity index (χ4n) is 1.08. The van der Waals surface area contributed by atoms with Crippen LogP contribution in [0.15, 0.2) is 44.8 Å². The summed E-state index contributed by atoms with van der Waals surface area (Å²) in [4.78, 5) is 0.552. The minimum atomic E-state index is -0.340. The molecule has 0 aliphatic rings. The molecule has 0 fully saturated rings. The van der Waals surface area contributed by atoms with Crippen molar-refractivity contribution in [3.05, 3.63) is 47.1 Å². The second-order valence-corrected chi connectivity index (χ2v) is 5.08. The van der Waals surface area contributed by atoms with Crippen molar-refractivity contribution in [2.45, 2.75) is 9.10 Å². The molecule has 0 aliphatic carbocycles. The van der Waals surface area contributed by atoms with Crippen LogP contribution in [-0.2, 0) is 0 Å². The molecule has 1 aromatic carbocycles. The summed E-state index contributed by atoms with van der Waals surface area (Å²) in [5, 5.41) is 10.5. The molecular formula is C11H6FNS2. The van der Waals surface area contributed by atoms with Crippen LogP contribution >= 0.6 is 23.1 Å². The molecule has 2 rings (SSSR count). The minimum Gasteiger partial charge on any atom is -0.206 e. The number of hydrogen-bond acceptors (Lipinski definition) is 3. The van der Waals surface area contributed by atoms with Crippen LogP contribution in [0, 0.1) is 17.1 Å². The topological polar surface area (TPSA) is 23.8 Å². The van der Waals surface area contributed by atoms with Crippen molar-refractivity contribution in [3.8, 4) is 6.07 Å². The Hall–Kier alpha value is -1.31. The van der Waals surface area contributed by atoms with Crippen LogP contribution in [0.25, 0.3) is 0 Å². The van der Waals surface area contributed by atoms with Crippen molar-refractivity contribution in [1.82, 2.24) is 0 Å². The van der Waals surface area contributed by atoms with Crippen molar-refractivity contribution in [2.24, 2.45) is 0 Å². The molecule has 1 aromatic heterocycles. The van der Waals surface area contributed by atoms with Gasteiger partial charge in [0.1, 0.15) is 5.82 Å². The third kappa shape index (κ3) is 2.38. The minimum absolute atomic E-state index is 0.340. The third-order valence-electron chi connectivity index (χ3n) is 1.77. The first kappa shape index (κ1) is 10.2.